The topological polar surface area (TPSA) is 69.6 Å². The number of phenols is 1. The number of amides is 2. The first-order valence-corrected chi connectivity index (χ1v) is 8.05. The number of phenolic OH excluding ortho intramolecular Hbond substituents is 1. The molecule has 1 atom stereocenters. The quantitative estimate of drug-likeness (QED) is 0.895. The van der Waals surface area contributed by atoms with Crippen molar-refractivity contribution in [1.82, 2.24) is 5.32 Å². The van der Waals surface area contributed by atoms with Crippen molar-refractivity contribution in [2.75, 3.05) is 11.4 Å². The molecule has 1 fully saturated rings. The van der Waals surface area contributed by atoms with Crippen LogP contribution >= 0.6 is 11.6 Å². The molecule has 5 nitrogen and oxygen atoms in total. The van der Waals surface area contributed by atoms with Gasteiger partial charge in [0.2, 0.25) is 11.8 Å². The van der Waals surface area contributed by atoms with Crippen LogP contribution in [0.4, 0.5) is 5.69 Å². The van der Waals surface area contributed by atoms with Crippen molar-refractivity contribution in [2.45, 2.75) is 18.9 Å². The van der Waals surface area contributed by atoms with Crippen molar-refractivity contribution < 1.29 is 14.7 Å². The third-order valence-electron chi connectivity index (χ3n) is 3.96. The second-order valence-corrected chi connectivity index (χ2v) is 6.10. The molecule has 124 valence electrons. The molecule has 0 aromatic heterocycles. The summed E-state index contributed by atoms with van der Waals surface area (Å²) in [4.78, 5) is 26.3. The van der Waals surface area contributed by atoms with Crippen LogP contribution in [0.25, 0.3) is 0 Å². The predicted octanol–water partition coefficient (Wildman–Crippen LogP) is 2.51. The number of para-hydroxylation sites is 1. The molecule has 1 saturated heterocycles. The fourth-order valence-electron chi connectivity index (χ4n) is 2.82. The number of hydrogen-bond donors (Lipinski definition) is 2. The van der Waals surface area contributed by atoms with E-state index in [1.807, 2.05) is 6.07 Å². The highest BCUT2D eigenvalue weighted by Crippen LogP contribution is 2.29. The number of hydrogen-bond acceptors (Lipinski definition) is 3. The molecule has 0 radical (unpaired) electrons. The van der Waals surface area contributed by atoms with Crippen LogP contribution in [-0.4, -0.2) is 29.5 Å². The van der Waals surface area contributed by atoms with Gasteiger partial charge in [0.15, 0.2) is 0 Å². The Morgan fingerprint density at radius 3 is 2.79 bits per heavy atom. The van der Waals surface area contributed by atoms with E-state index in [4.69, 9.17) is 11.6 Å². The van der Waals surface area contributed by atoms with Gasteiger partial charge in [-0.1, -0.05) is 35.9 Å². The third-order valence-corrected chi connectivity index (χ3v) is 4.28. The number of carbonyl (C=O) groups is 2. The molecule has 0 unspecified atom stereocenters. The number of nitrogens with zero attached hydrogens (tertiary/aromatic N) is 1. The monoisotopic (exact) mass is 344 g/mol. The average Bonchev–Trinajstić information content (AvgIpc) is 2.89. The molecular formula is C18H17ClN2O3. The number of aromatic hydroxyl groups is 1. The molecular weight excluding hydrogens is 328 g/mol. The summed E-state index contributed by atoms with van der Waals surface area (Å²) in [6.45, 7) is 0.514. The summed E-state index contributed by atoms with van der Waals surface area (Å²) < 4.78 is 0. The number of rotatable bonds is 4. The Bertz CT molecular complexity index is 778. The minimum absolute atomic E-state index is 0.113. The highest BCUT2D eigenvalue weighted by Gasteiger charge is 2.34. The van der Waals surface area contributed by atoms with E-state index >= 15 is 0 Å². The fraction of sp³-hybridized carbons (Fsp3) is 0.222. The lowest BCUT2D eigenvalue weighted by molar-refractivity contribution is -0.126. The molecule has 2 amide bonds. The molecule has 3 rings (SSSR count). The van der Waals surface area contributed by atoms with Gasteiger partial charge in [-0.15, -0.1) is 0 Å². The van der Waals surface area contributed by atoms with Crippen LogP contribution in [0.1, 0.15) is 12.0 Å². The maximum Gasteiger partial charge on any atom is 0.249 e. The van der Waals surface area contributed by atoms with Gasteiger partial charge in [-0.25, -0.2) is 0 Å². The first-order chi connectivity index (χ1) is 11.5. The number of benzene rings is 2. The Labute approximate surface area is 144 Å². The third kappa shape index (κ3) is 3.51. The molecule has 1 aliphatic rings. The summed E-state index contributed by atoms with van der Waals surface area (Å²) in [5, 5.41) is 12.7. The molecule has 2 aromatic rings. The summed E-state index contributed by atoms with van der Waals surface area (Å²) in [5.41, 5.74) is 1.36. The summed E-state index contributed by atoms with van der Waals surface area (Å²) in [6.07, 6.45) is 0.653. The van der Waals surface area contributed by atoms with Crippen LogP contribution in [0.15, 0.2) is 48.5 Å². The van der Waals surface area contributed by atoms with E-state index in [2.05, 4.69) is 5.32 Å². The zero-order valence-electron chi connectivity index (χ0n) is 12.9. The second-order valence-electron chi connectivity index (χ2n) is 5.70. The van der Waals surface area contributed by atoms with Gasteiger partial charge in [-0.2, -0.15) is 0 Å². The Morgan fingerprint density at radius 2 is 2.04 bits per heavy atom. The van der Waals surface area contributed by atoms with Gasteiger partial charge in [0.05, 0.1) is 17.1 Å². The number of carbonyl (C=O) groups excluding carboxylic acids is 2. The van der Waals surface area contributed by atoms with Gasteiger partial charge in [0.25, 0.3) is 0 Å². The van der Waals surface area contributed by atoms with Crippen molar-refractivity contribution >= 4 is 29.1 Å². The predicted molar refractivity (Wildman–Crippen MR) is 92.2 cm³/mol. The van der Waals surface area contributed by atoms with Crippen molar-refractivity contribution in [2.24, 2.45) is 0 Å². The SMILES string of the molecule is O=C(Cc1cccc(O)c1)N[C@H]1CCN(c2ccccc2Cl)C1=O. The fourth-order valence-corrected chi connectivity index (χ4v) is 3.06. The molecule has 24 heavy (non-hydrogen) atoms. The van der Waals surface area contributed by atoms with Crippen molar-refractivity contribution in [3.63, 3.8) is 0 Å². The van der Waals surface area contributed by atoms with E-state index in [0.717, 1.165) is 0 Å². The van der Waals surface area contributed by atoms with Crippen molar-refractivity contribution in [3.8, 4) is 5.75 Å². The van der Waals surface area contributed by atoms with Crippen molar-refractivity contribution in [1.29, 1.82) is 0 Å². The number of halogens is 1. The standard InChI is InChI=1S/C18H17ClN2O3/c19-14-6-1-2-7-16(14)21-9-8-15(18(21)24)20-17(23)11-12-4-3-5-13(22)10-12/h1-7,10,15,22H,8-9,11H2,(H,20,23)/t15-/m0/s1. The molecule has 2 aromatic carbocycles. The number of anilines is 1. The van der Waals surface area contributed by atoms with Crippen molar-refractivity contribution in [3.05, 3.63) is 59.1 Å². The zero-order valence-corrected chi connectivity index (χ0v) is 13.7. The van der Waals surface area contributed by atoms with E-state index in [-0.39, 0.29) is 24.0 Å². The molecule has 0 bridgehead atoms. The summed E-state index contributed by atoms with van der Waals surface area (Å²) in [5.74, 6) is -0.297. The van der Waals surface area contributed by atoms with Crippen LogP contribution in [0.2, 0.25) is 5.02 Å². The van der Waals surface area contributed by atoms with E-state index in [0.29, 0.717) is 29.2 Å². The first-order valence-electron chi connectivity index (χ1n) is 7.68. The lowest BCUT2D eigenvalue weighted by Gasteiger charge is -2.18. The van der Waals surface area contributed by atoms with Crippen LogP contribution in [0, 0.1) is 0 Å². The maximum absolute atomic E-state index is 12.5. The Hall–Kier alpha value is -2.53. The lowest BCUT2D eigenvalue weighted by Crippen LogP contribution is -2.42. The molecule has 6 heteroatoms. The molecule has 0 spiro atoms. The Balaban J connectivity index is 1.63. The largest absolute Gasteiger partial charge is 0.508 e. The van der Waals surface area contributed by atoms with Crippen LogP contribution in [-0.2, 0) is 16.0 Å². The minimum atomic E-state index is -0.550. The normalized spacial score (nSPS) is 17.1. The maximum atomic E-state index is 12.5. The summed E-state index contributed by atoms with van der Waals surface area (Å²) in [6, 6.07) is 13.1. The van der Waals surface area contributed by atoms with E-state index in [9.17, 15) is 14.7 Å². The average molecular weight is 345 g/mol. The van der Waals surface area contributed by atoms with Crippen LogP contribution < -0.4 is 10.2 Å². The lowest BCUT2D eigenvalue weighted by atomic mass is 10.1. The summed E-state index contributed by atoms with van der Waals surface area (Å²) >= 11 is 6.14. The first kappa shape index (κ1) is 16.3. The Morgan fingerprint density at radius 1 is 1.25 bits per heavy atom. The van der Waals surface area contributed by atoms with Crippen LogP contribution in [0.3, 0.4) is 0 Å². The smallest absolute Gasteiger partial charge is 0.249 e. The van der Waals surface area contributed by atoms with Gasteiger partial charge in [0, 0.05) is 6.54 Å². The summed E-state index contributed by atoms with van der Waals surface area (Å²) in [7, 11) is 0. The van der Waals surface area contributed by atoms with Crippen LogP contribution in [0.5, 0.6) is 5.75 Å². The highest BCUT2D eigenvalue weighted by molar-refractivity contribution is 6.34. The highest BCUT2D eigenvalue weighted by atomic mass is 35.5. The second kappa shape index (κ2) is 6.93. The van der Waals surface area contributed by atoms with E-state index < -0.39 is 6.04 Å². The van der Waals surface area contributed by atoms with E-state index in [1.54, 1.807) is 41.3 Å². The van der Waals surface area contributed by atoms with Gasteiger partial charge in [-0.3, -0.25) is 9.59 Å². The van der Waals surface area contributed by atoms with Gasteiger partial charge >= 0.3 is 0 Å². The molecule has 2 N–H and O–H groups in total. The molecule has 0 aliphatic carbocycles. The Kier molecular flexibility index (Phi) is 4.71. The number of nitrogens with one attached hydrogen (secondary N) is 1. The molecule has 0 saturated carbocycles. The van der Waals surface area contributed by atoms with Gasteiger partial charge in [-0.05, 0) is 36.2 Å². The zero-order chi connectivity index (χ0) is 17.1. The van der Waals surface area contributed by atoms with E-state index in [1.165, 1.54) is 6.07 Å². The minimum Gasteiger partial charge on any atom is -0.508 e. The molecule has 1 aliphatic heterocycles. The molecule has 1 heterocycles. The van der Waals surface area contributed by atoms with Gasteiger partial charge < -0.3 is 15.3 Å². The van der Waals surface area contributed by atoms with Gasteiger partial charge in [0.1, 0.15) is 11.8 Å².